The van der Waals surface area contributed by atoms with E-state index >= 15 is 0 Å². The molecule has 0 amide bonds. The Bertz CT molecular complexity index is 3270. The normalized spacial score (nSPS) is 12.3. The van der Waals surface area contributed by atoms with Crippen LogP contribution in [-0.4, -0.2) is 110 Å². The van der Waals surface area contributed by atoms with Crippen LogP contribution in [0.15, 0.2) is 84.9 Å². The molecule has 0 atom stereocenters. The van der Waals surface area contributed by atoms with Crippen molar-refractivity contribution in [2.45, 2.75) is 19.6 Å². The van der Waals surface area contributed by atoms with Crippen molar-refractivity contribution in [1.82, 2.24) is 33.4 Å². The van der Waals surface area contributed by atoms with Crippen LogP contribution in [0.5, 0.6) is 11.5 Å². The lowest BCUT2D eigenvalue weighted by Crippen LogP contribution is -2.19. The standard InChI is InChI=1S/C27H30F2N4O.C23H21F2N3O/c1-30(2)10-12-32-23-8-6-17(28)14-19(23)21-16-22-20-15-18(29)7-9-24(20)33(13-11-31(3)4)26(22)27(34-5)25(21)32;1-27(2)8-9-28-20-7-5-14(25)11-16(20)18-12-17-15-10-13(24)4-6-19(15)26-21(17)23(29-3)22(18)28/h6-9,14-16H,10-13H2,1-5H3;4-7,10-12,26H,8-9H2,1-3H3. The minimum Gasteiger partial charge on any atom is -0.492 e. The van der Waals surface area contributed by atoms with Crippen LogP contribution in [0.2, 0.25) is 0 Å². The van der Waals surface area contributed by atoms with Crippen LogP contribution in [0.25, 0.3) is 87.2 Å². The monoisotopic (exact) mass is 857 g/mol. The van der Waals surface area contributed by atoms with Crippen molar-refractivity contribution in [2.24, 2.45) is 0 Å². The van der Waals surface area contributed by atoms with Crippen LogP contribution >= 0.6 is 0 Å². The Balaban J connectivity index is 0.000000162. The molecule has 13 heteroatoms. The zero-order valence-electron chi connectivity index (χ0n) is 36.8. The number of hydrogen-bond acceptors (Lipinski definition) is 5. The second kappa shape index (κ2) is 16.4. The van der Waals surface area contributed by atoms with E-state index in [9.17, 15) is 17.6 Å². The van der Waals surface area contributed by atoms with Crippen LogP contribution in [0, 0.1) is 23.3 Å². The number of hydrogen-bond donors (Lipinski definition) is 1. The van der Waals surface area contributed by atoms with Crippen molar-refractivity contribution in [3.05, 3.63) is 108 Å². The van der Waals surface area contributed by atoms with E-state index in [0.29, 0.717) is 5.75 Å². The molecule has 0 saturated heterocycles. The van der Waals surface area contributed by atoms with Crippen LogP contribution in [-0.2, 0) is 19.6 Å². The third-order valence-corrected chi connectivity index (χ3v) is 12.2. The van der Waals surface area contributed by atoms with Gasteiger partial charge in [-0.2, -0.15) is 0 Å². The predicted octanol–water partition coefficient (Wildman–Crippen LogP) is 10.6. The van der Waals surface area contributed by atoms with E-state index in [4.69, 9.17) is 9.47 Å². The van der Waals surface area contributed by atoms with Gasteiger partial charge in [0.05, 0.1) is 36.3 Å². The van der Waals surface area contributed by atoms with Gasteiger partial charge < -0.3 is 42.9 Å². The minimum absolute atomic E-state index is 0.280. The highest BCUT2D eigenvalue weighted by atomic mass is 19.1. The Morgan fingerprint density at radius 3 is 1.16 bits per heavy atom. The topological polar surface area (TPSA) is 58.8 Å². The van der Waals surface area contributed by atoms with Gasteiger partial charge in [0.2, 0.25) is 0 Å². The molecule has 63 heavy (non-hydrogen) atoms. The summed E-state index contributed by atoms with van der Waals surface area (Å²) >= 11 is 0. The second-order valence-corrected chi connectivity index (χ2v) is 17.1. The Kier molecular flexibility index (Phi) is 11.0. The van der Waals surface area contributed by atoms with Gasteiger partial charge in [-0.05, 0) is 127 Å². The lowest BCUT2D eigenvalue weighted by atomic mass is 10.1. The summed E-state index contributed by atoms with van der Waals surface area (Å²) in [5.74, 6) is 0.281. The molecular weight excluding hydrogens is 807 g/mol. The number of fused-ring (bicyclic) bond motifs is 12. The summed E-state index contributed by atoms with van der Waals surface area (Å²) in [6, 6.07) is 23.5. The van der Waals surface area contributed by atoms with Gasteiger partial charge >= 0.3 is 0 Å². The number of H-pyrrole nitrogens is 1. The maximum Gasteiger partial charge on any atom is 0.167 e. The SMILES string of the molecule is COc1c2[nH]c3ccc(F)cc3c2cc2c3cc(F)ccc3n(CCN(C)C)c12.COc1c2c(cc3c4cc(F)ccc4n(CCN(C)C)c13)c1cc(F)ccc1n2CCN(C)C. The molecule has 4 aromatic heterocycles. The smallest absolute Gasteiger partial charge is 0.167 e. The van der Waals surface area contributed by atoms with Crippen LogP contribution in [0.1, 0.15) is 0 Å². The molecule has 0 fully saturated rings. The van der Waals surface area contributed by atoms with Crippen LogP contribution in [0.4, 0.5) is 17.6 Å². The van der Waals surface area contributed by atoms with Crippen molar-refractivity contribution in [2.75, 3.05) is 76.1 Å². The largest absolute Gasteiger partial charge is 0.492 e. The molecule has 10 aromatic rings. The third-order valence-electron chi connectivity index (χ3n) is 12.2. The first-order valence-electron chi connectivity index (χ1n) is 21.0. The van der Waals surface area contributed by atoms with Crippen LogP contribution in [0.3, 0.4) is 0 Å². The first-order chi connectivity index (χ1) is 30.3. The van der Waals surface area contributed by atoms with Crippen molar-refractivity contribution in [3.8, 4) is 11.5 Å². The third kappa shape index (κ3) is 7.27. The minimum atomic E-state index is -0.295. The van der Waals surface area contributed by atoms with Gasteiger partial charge in [0, 0.05) is 104 Å². The molecule has 1 N–H and O–H groups in total. The van der Waals surface area contributed by atoms with Gasteiger partial charge in [-0.1, -0.05) is 0 Å². The van der Waals surface area contributed by atoms with Gasteiger partial charge in [0.15, 0.2) is 11.5 Å². The highest BCUT2D eigenvalue weighted by Gasteiger charge is 2.24. The maximum atomic E-state index is 14.4. The highest BCUT2D eigenvalue weighted by Crippen LogP contribution is 2.45. The quantitative estimate of drug-likeness (QED) is 0.131. The summed E-state index contributed by atoms with van der Waals surface area (Å²) in [5.41, 5.74) is 7.30. The molecule has 0 spiro atoms. The average molecular weight is 858 g/mol. The fourth-order valence-corrected chi connectivity index (χ4v) is 9.25. The summed E-state index contributed by atoms with van der Waals surface area (Å²) in [6.07, 6.45) is 0. The molecule has 4 heterocycles. The zero-order valence-corrected chi connectivity index (χ0v) is 36.8. The fourth-order valence-electron chi connectivity index (χ4n) is 9.25. The number of aromatic amines is 1. The molecule has 0 saturated carbocycles. The van der Waals surface area contributed by atoms with Gasteiger partial charge in [0.1, 0.15) is 23.3 Å². The van der Waals surface area contributed by atoms with Gasteiger partial charge in [0.25, 0.3) is 0 Å². The number of benzene rings is 6. The number of rotatable bonds is 11. The van der Waals surface area contributed by atoms with E-state index in [1.807, 2.05) is 66.6 Å². The summed E-state index contributed by atoms with van der Waals surface area (Å²) in [4.78, 5) is 9.74. The van der Waals surface area contributed by atoms with Gasteiger partial charge in [-0.25, -0.2) is 17.6 Å². The summed E-state index contributed by atoms with van der Waals surface area (Å²) in [6.45, 7) is 4.67. The molecule has 0 unspecified atom stereocenters. The molecule has 9 nitrogen and oxygen atoms in total. The molecule has 10 rings (SSSR count). The predicted molar refractivity (Wildman–Crippen MR) is 250 cm³/mol. The molecule has 0 bridgehead atoms. The number of ether oxygens (including phenoxy) is 2. The second-order valence-electron chi connectivity index (χ2n) is 17.1. The number of methoxy groups -OCH3 is 2. The van der Waals surface area contributed by atoms with Crippen molar-refractivity contribution in [3.63, 3.8) is 0 Å². The van der Waals surface area contributed by atoms with Crippen LogP contribution < -0.4 is 9.47 Å². The van der Waals surface area contributed by atoms with E-state index in [0.717, 1.165) is 132 Å². The average Bonchev–Trinajstić information content (AvgIpc) is 3.95. The van der Waals surface area contributed by atoms with Gasteiger partial charge in [-0.3, -0.25) is 0 Å². The highest BCUT2D eigenvalue weighted by molar-refractivity contribution is 6.22. The number of aromatic nitrogens is 4. The number of halogens is 4. The summed E-state index contributed by atoms with van der Waals surface area (Å²) in [7, 11) is 15.5. The maximum absolute atomic E-state index is 14.4. The lowest BCUT2D eigenvalue weighted by Gasteiger charge is -2.17. The number of nitrogens with one attached hydrogen (secondary N) is 1. The molecule has 0 aliphatic heterocycles. The van der Waals surface area contributed by atoms with E-state index in [2.05, 4.69) is 39.5 Å². The number of nitrogens with zero attached hydrogens (tertiary/aromatic N) is 6. The van der Waals surface area contributed by atoms with Crippen molar-refractivity contribution >= 4 is 87.2 Å². The molecule has 0 radical (unpaired) electrons. The molecular formula is C50H51F4N7O2. The van der Waals surface area contributed by atoms with Gasteiger partial charge in [-0.15, -0.1) is 0 Å². The Morgan fingerprint density at radius 1 is 0.429 bits per heavy atom. The Morgan fingerprint density at radius 2 is 0.778 bits per heavy atom. The zero-order chi connectivity index (χ0) is 44.4. The van der Waals surface area contributed by atoms with E-state index < -0.39 is 0 Å². The summed E-state index contributed by atoms with van der Waals surface area (Å²) < 4.78 is 75.3. The molecule has 0 aliphatic rings. The van der Waals surface area contributed by atoms with Crippen molar-refractivity contribution in [1.29, 1.82) is 0 Å². The first-order valence-corrected chi connectivity index (χ1v) is 21.0. The van der Waals surface area contributed by atoms with Crippen molar-refractivity contribution < 1.29 is 27.0 Å². The molecule has 0 aliphatic carbocycles. The van der Waals surface area contributed by atoms with E-state index in [1.165, 1.54) is 30.3 Å². The first kappa shape index (κ1) is 42.0. The lowest BCUT2D eigenvalue weighted by molar-refractivity contribution is 0.383. The van der Waals surface area contributed by atoms with E-state index in [-0.39, 0.29) is 23.3 Å². The molecule has 6 aromatic carbocycles. The Hall–Kier alpha value is -6.28. The Labute approximate surface area is 362 Å². The number of likely N-dealkylation sites (N-methyl/N-ethyl adjacent to an activating group) is 3. The molecule has 326 valence electrons. The fraction of sp³-hybridized carbons (Fsp3) is 0.280. The van der Waals surface area contributed by atoms with E-state index in [1.54, 1.807) is 38.5 Å². The summed E-state index contributed by atoms with van der Waals surface area (Å²) in [5, 5.41) is 6.85.